The van der Waals surface area contributed by atoms with Crippen LogP contribution in [0.1, 0.15) is 31.9 Å². The van der Waals surface area contributed by atoms with E-state index in [-0.39, 0.29) is 6.04 Å². The molecule has 0 spiro atoms. The maximum Gasteiger partial charge on any atom is 0.0641 e. The van der Waals surface area contributed by atoms with Crippen LogP contribution in [0.3, 0.4) is 0 Å². The molecule has 0 aliphatic carbocycles. The molecule has 1 N–H and O–H groups in total. The SMILES string of the molecule is CC(C)=CCNC(CC#N)c1ccccc1. The first-order valence-electron chi connectivity index (χ1n) is 5.52. The molecule has 1 rings (SSSR count). The van der Waals surface area contributed by atoms with Crippen LogP contribution in [0, 0.1) is 11.3 Å². The Morgan fingerprint density at radius 2 is 2.06 bits per heavy atom. The van der Waals surface area contributed by atoms with Crippen LogP contribution < -0.4 is 5.32 Å². The molecule has 0 saturated heterocycles. The minimum atomic E-state index is 0.127. The van der Waals surface area contributed by atoms with Gasteiger partial charge in [0.1, 0.15) is 0 Å². The predicted octanol–water partition coefficient (Wildman–Crippen LogP) is 3.20. The molecule has 1 aromatic rings. The van der Waals surface area contributed by atoms with E-state index in [9.17, 15) is 0 Å². The molecule has 0 heterocycles. The van der Waals surface area contributed by atoms with E-state index in [0.29, 0.717) is 6.42 Å². The molecule has 0 bridgehead atoms. The molecule has 84 valence electrons. The summed E-state index contributed by atoms with van der Waals surface area (Å²) in [5.41, 5.74) is 2.46. The molecule has 0 fully saturated rings. The number of hydrogen-bond acceptors (Lipinski definition) is 2. The molecule has 0 amide bonds. The number of nitrogens with one attached hydrogen (secondary N) is 1. The zero-order chi connectivity index (χ0) is 11.8. The fraction of sp³-hybridized carbons (Fsp3) is 0.357. The maximum absolute atomic E-state index is 8.80. The lowest BCUT2D eigenvalue weighted by atomic mass is 10.0. The summed E-state index contributed by atoms with van der Waals surface area (Å²) in [5, 5.41) is 12.2. The van der Waals surface area contributed by atoms with Crippen LogP contribution in [0.15, 0.2) is 42.0 Å². The van der Waals surface area contributed by atoms with Gasteiger partial charge in [-0.05, 0) is 19.4 Å². The molecule has 1 aromatic carbocycles. The van der Waals surface area contributed by atoms with E-state index in [1.54, 1.807) is 0 Å². The molecule has 0 aromatic heterocycles. The van der Waals surface area contributed by atoms with Crippen LogP contribution in [-0.2, 0) is 0 Å². The molecule has 2 heteroatoms. The first kappa shape index (κ1) is 12.5. The summed E-state index contributed by atoms with van der Waals surface area (Å²) in [6.45, 7) is 4.95. The van der Waals surface area contributed by atoms with Gasteiger partial charge in [0.2, 0.25) is 0 Å². The minimum absolute atomic E-state index is 0.127. The number of nitrogens with zero attached hydrogens (tertiary/aromatic N) is 1. The standard InChI is InChI=1S/C14H18N2/c1-12(2)9-11-16-14(8-10-15)13-6-4-3-5-7-13/h3-7,9,14,16H,8,11H2,1-2H3. The Morgan fingerprint density at radius 1 is 1.38 bits per heavy atom. The van der Waals surface area contributed by atoms with Gasteiger partial charge < -0.3 is 5.32 Å². The Morgan fingerprint density at radius 3 is 2.62 bits per heavy atom. The van der Waals surface area contributed by atoms with Crippen molar-refractivity contribution in [3.8, 4) is 6.07 Å². The van der Waals surface area contributed by atoms with Crippen LogP contribution in [0.5, 0.6) is 0 Å². The molecule has 16 heavy (non-hydrogen) atoms. The summed E-state index contributed by atoms with van der Waals surface area (Å²) in [5.74, 6) is 0. The quantitative estimate of drug-likeness (QED) is 0.764. The summed E-state index contributed by atoms with van der Waals surface area (Å²) in [6, 6.07) is 12.4. The van der Waals surface area contributed by atoms with Crippen LogP contribution in [0.2, 0.25) is 0 Å². The zero-order valence-electron chi connectivity index (χ0n) is 9.90. The number of nitriles is 1. The third-order valence-electron chi connectivity index (χ3n) is 2.37. The topological polar surface area (TPSA) is 35.8 Å². The highest BCUT2D eigenvalue weighted by Crippen LogP contribution is 2.15. The second kappa shape index (κ2) is 6.81. The normalized spacial score (nSPS) is 11.6. The van der Waals surface area contributed by atoms with Crippen molar-refractivity contribution in [3.63, 3.8) is 0 Å². The van der Waals surface area contributed by atoms with Gasteiger partial charge >= 0.3 is 0 Å². The number of rotatable bonds is 5. The third kappa shape index (κ3) is 4.29. The Kier molecular flexibility index (Phi) is 5.31. The maximum atomic E-state index is 8.80. The second-order valence-corrected chi connectivity index (χ2v) is 4.02. The first-order chi connectivity index (χ1) is 7.74. The lowest BCUT2D eigenvalue weighted by Gasteiger charge is -2.15. The fourth-order valence-corrected chi connectivity index (χ4v) is 1.49. The number of hydrogen-bond donors (Lipinski definition) is 1. The smallest absolute Gasteiger partial charge is 0.0641 e. The van der Waals surface area contributed by atoms with Crippen molar-refractivity contribution in [2.75, 3.05) is 6.54 Å². The molecule has 0 aliphatic rings. The molecular formula is C14H18N2. The van der Waals surface area contributed by atoms with Gasteiger partial charge in [-0.2, -0.15) is 5.26 Å². The molecular weight excluding hydrogens is 196 g/mol. The average molecular weight is 214 g/mol. The Hall–Kier alpha value is -1.59. The van der Waals surface area contributed by atoms with Gasteiger partial charge in [-0.1, -0.05) is 42.0 Å². The summed E-state index contributed by atoms with van der Waals surface area (Å²) < 4.78 is 0. The van der Waals surface area contributed by atoms with Crippen molar-refractivity contribution in [2.45, 2.75) is 26.3 Å². The van der Waals surface area contributed by atoms with Gasteiger partial charge in [-0.3, -0.25) is 0 Å². The monoisotopic (exact) mass is 214 g/mol. The van der Waals surface area contributed by atoms with Crippen molar-refractivity contribution < 1.29 is 0 Å². The van der Waals surface area contributed by atoms with Gasteiger partial charge in [-0.25, -0.2) is 0 Å². The van der Waals surface area contributed by atoms with Crippen molar-refractivity contribution >= 4 is 0 Å². The summed E-state index contributed by atoms with van der Waals surface area (Å²) in [7, 11) is 0. The number of allylic oxidation sites excluding steroid dienone is 1. The third-order valence-corrected chi connectivity index (χ3v) is 2.37. The van der Waals surface area contributed by atoms with E-state index in [1.807, 2.05) is 18.2 Å². The van der Waals surface area contributed by atoms with Crippen LogP contribution in [0.25, 0.3) is 0 Å². The molecule has 0 saturated carbocycles. The zero-order valence-corrected chi connectivity index (χ0v) is 9.90. The molecule has 2 nitrogen and oxygen atoms in total. The van der Waals surface area contributed by atoms with Crippen LogP contribution >= 0.6 is 0 Å². The largest absolute Gasteiger partial charge is 0.306 e. The van der Waals surface area contributed by atoms with E-state index in [0.717, 1.165) is 6.54 Å². The van der Waals surface area contributed by atoms with Gasteiger partial charge in [0.15, 0.2) is 0 Å². The first-order valence-corrected chi connectivity index (χ1v) is 5.52. The van der Waals surface area contributed by atoms with Gasteiger partial charge in [-0.15, -0.1) is 0 Å². The van der Waals surface area contributed by atoms with Crippen molar-refractivity contribution in [1.82, 2.24) is 5.32 Å². The lowest BCUT2D eigenvalue weighted by molar-refractivity contribution is 0.578. The van der Waals surface area contributed by atoms with E-state index in [1.165, 1.54) is 11.1 Å². The highest BCUT2D eigenvalue weighted by molar-refractivity contribution is 5.20. The predicted molar refractivity (Wildman–Crippen MR) is 66.8 cm³/mol. The summed E-state index contributed by atoms with van der Waals surface area (Å²) >= 11 is 0. The molecule has 0 radical (unpaired) electrons. The highest BCUT2D eigenvalue weighted by atomic mass is 14.9. The van der Waals surface area contributed by atoms with E-state index < -0.39 is 0 Å². The Labute approximate surface area is 97.6 Å². The highest BCUT2D eigenvalue weighted by Gasteiger charge is 2.08. The molecule has 1 unspecified atom stereocenters. The average Bonchev–Trinajstić information content (AvgIpc) is 2.29. The van der Waals surface area contributed by atoms with E-state index >= 15 is 0 Å². The van der Waals surface area contributed by atoms with Crippen molar-refractivity contribution in [2.24, 2.45) is 0 Å². The van der Waals surface area contributed by atoms with E-state index in [2.05, 4.69) is 43.4 Å². The number of benzene rings is 1. The van der Waals surface area contributed by atoms with Crippen molar-refractivity contribution in [3.05, 3.63) is 47.5 Å². The van der Waals surface area contributed by atoms with E-state index in [4.69, 9.17) is 5.26 Å². The Balaban J connectivity index is 2.62. The molecule has 0 aliphatic heterocycles. The van der Waals surface area contributed by atoms with Crippen LogP contribution in [-0.4, -0.2) is 6.54 Å². The minimum Gasteiger partial charge on any atom is -0.306 e. The van der Waals surface area contributed by atoms with Crippen LogP contribution in [0.4, 0.5) is 0 Å². The van der Waals surface area contributed by atoms with Gasteiger partial charge in [0.25, 0.3) is 0 Å². The summed E-state index contributed by atoms with van der Waals surface area (Å²) in [6.07, 6.45) is 2.63. The Bertz CT molecular complexity index is 369. The van der Waals surface area contributed by atoms with Crippen molar-refractivity contribution in [1.29, 1.82) is 5.26 Å². The van der Waals surface area contributed by atoms with Gasteiger partial charge in [0.05, 0.1) is 12.5 Å². The molecule has 1 atom stereocenters. The second-order valence-electron chi connectivity index (χ2n) is 4.02. The summed E-state index contributed by atoms with van der Waals surface area (Å²) in [4.78, 5) is 0. The lowest BCUT2D eigenvalue weighted by Crippen LogP contribution is -2.21. The fourth-order valence-electron chi connectivity index (χ4n) is 1.49. The van der Waals surface area contributed by atoms with Gasteiger partial charge in [0, 0.05) is 12.6 Å².